The standard InChI is InChI=1S/C32H48N12O16P2S2/c1-15(2)63-64-16(10-39-42-35)8-17(40-31(48)59-32(3,4)5)29(46)58-25-20(57-28(24(25)45)44-14-38-23-26(34)36-13-37-27(23)44)12-55-62(52,53)60-18-9-22(43-7-6-21(33)41-30(43)47)56-19(18)11-54-61(49,50)51/h6-7,13-20,22,24-25,28,45H,8-12H2,1-5H3,(H,40,48)(H,52,53)(H2,33,41,47)(H2,34,36,37)(H2,49,50,51)/t16?,17-,18-,19+,20+,22+,24+,25+,28+/m0/s1. The first-order chi connectivity index (χ1) is 29.9. The lowest BCUT2D eigenvalue weighted by Gasteiger charge is -2.28. The number of aliphatic hydroxyl groups is 1. The van der Waals surface area contributed by atoms with Crippen LogP contribution in [0.4, 0.5) is 16.4 Å². The number of aromatic nitrogens is 6. The number of carbonyl (C=O) groups is 2. The average molecular weight is 983 g/mol. The van der Waals surface area contributed by atoms with Crippen LogP contribution in [0.25, 0.3) is 21.6 Å². The van der Waals surface area contributed by atoms with Crippen molar-refractivity contribution in [3.63, 3.8) is 0 Å². The summed E-state index contributed by atoms with van der Waals surface area (Å²) in [6.45, 7) is 6.76. The van der Waals surface area contributed by atoms with Crippen molar-refractivity contribution in [1.29, 1.82) is 0 Å². The summed E-state index contributed by atoms with van der Waals surface area (Å²) in [6.07, 6.45) is -8.76. The number of azide groups is 1. The number of nitrogens with two attached hydrogens (primary N) is 2. The van der Waals surface area contributed by atoms with Crippen molar-refractivity contribution in [2.75, 3.05) is 31.2 Å². The Morgan fingerprint density at radius 2 is 1.81 bits per heavy atom. The maximum atomic E-state index is 14.2. The topological polar surface area (TPSA) is 405 Å². The van der Waals surface area contributed by atoms with Crippen LogP contribution in [-0.2, 0) is 46.4 Å². The number of phosphoric ester groups is 2. The van der Waals surface area contributed by atoms with Gasteiger partial charge < -0.3 is 55.5 Å². The number of fused-ring (bicyclic) bond motifs is 1. The molecule has 354 valence electrons. The lowest BCUT2D eigenvalue weighted by atomic mass is 10.1. The van der Waals surface area contributed by atoms with Gasteiger partial charge in [0.25, 0.3) is 0 Å². The summed E-state index contributed by atoms with van der Waals surface area (Å²) < 4.78 is 65.7. The molecule has 3 aromatic heterocycles. The van der Waals surface area contributed by atoms with Crippen LogP contribution in [0.15, 0.2) is 34.8 Å². The van der Waals surface area contributed by atoms with Gasteiger partial charge in [-0.05, 0) is 38.8 Å². The van der Waals surface area contributed by atoms with Crippen LogP contribution >= 0.6 is 37.2 Å². The van der Waals surface area contributed by atoms with Crippen molar-refractivity contribution >= 4 is 72.1 Å². The molecule has 0 saturated carbocycles. The Bertz CT molecular complexity index is 2330. The number of amides is 1. The van der Waals surface area contributed by atoms with E-state index in [9.17, 15) is 43.3 Å². The molecule has 2 saturated heterocycles. The van der Waals surface area contributed by atoms with Gasteiger partial charge in [-0.1, -0.05) is 40.5 Å². The second kappa shape index (κ2) is 21.5. The Hall–Kier alpha value is -4.12. The monoisotopic (exact) mass is 982 g/mol. The number of nitrogens with zero attached hydrogens (tertiary/aromatic N) is 9. The number of alkyl carbamates (subject to hydrolysis) is 1. The number of nitrogen functional groups attached to an aromatic ring is 2. The minimum atomic E-state index is -5.27. The molecule has 9 N–H and O–H groups in total. The fourth-order valence-electron chi connectivity index (χ4n) is 6.21. The van der Waals surface area contributed by atoms with Gasteiger partial charge in [-0.3, -0.25) is 22.7 Å². The maximum absolute atomic E-state index is 14.2. The number of phosphoric acid groups is 2. The lowest BCUT2D eigenvalue weighted by molar-refractivity contribution is -0.159. The number of anilines is 2. The third kappa shape index (κ3) is 14.2. The van der Waals surface area contributed by atoms with Crippen molar-refractivity contribution in [3.8, 4) is 0 Å². The molecule has 64 heavy (non-hydrogen) atoms. The Labute approximate surface area is 371 Å². The molecule has 0 aromatic carbocycles. The quantitative estimate of drug-likeness (QED) is 0.0213. The van der Waals surface area contributed by atoms with Gasteiger partial charge in [-0.15, -0.1) is 0 Å². The fraction of sp³-hybridized carbons (Fsp3) is 0.656. The van der Waals surface area contributed by atoms with Crippen LogP contribution < -0.4 is 22.5 Å². The van der Waals surface area contributed by atoms with Crippen molar-refractivity contribution in [1.82, 2.24) is 34.4 Å². The molecule has 2 aliphatic rings. The summed E-state index contributed by atoms with van der Waals surface area (Å²) in [6, 6.07) is -0.217. The second-order valence-electron chi connectivity index (χ2n) is 15.4. The molecule has 28 nitrogen and oxygen atoms in total. The number of esters is 1. The minimum absolute atomic E-state index is 0.0162. The number of hydrogen-bond acceptors (Lipinski definition) is 22. The first-order valence-corrected chi connectivity index (χ1v) is 24.4. The predicted molar refractivity (Wildman–Crippen MR) is 226 cm³/mol. The van der Waals surface area contributed by atoms with E-state index >= 15 is 0 Å². The Morgan fingerprint density at radius 3 is 2.47 bits per heavy atom. The lowest BCUT2D eigenvalue weighted by Crippen LogP contribution is -2.49. The fourth-order valence-corrected chi connectivity index (χ4v) is 9.84. The van der Waals surface area contributed by atoms with Gasteiger partial charge in [0.15, 0.2) is 23.8 Å². The van der Waals surface area contributed by atoms with Crippen LogP contribution in [-0.4, -0.2) is 133 Å². The van der Waals surface area contributed by atoms with Gasteiger partial charge in [-0.25, -0.2) is 38.5 Å². The molecule has 10 atom stereocenters. The SMILES string of the molecule is CC(C)SSC(CN=[N+]=[N-])C[C@H](NC(=O)OC(C)(C)C)C(=O)O[C@H]1[C@@H](O)[C@H](n2cnc3c(N)ncnc32)O[C@@H]1COP(=O)(O)O[C@H]1C[C@H](n2ccc(N)nc2=O)O[C@@H]1COP(=O)(O)O. The number of nitrogens with one attached hydrogen (secondary N) is 1. The molecular weight excluding hydrogens is 935 g/mol. The summed E-state index contributed by atoms with van der Waals surface area (Å²) in [5, 5.41) is 17.5. The van der Waals surface area contributed by atoms with Crippen molar-refractivity contribution in [3.05, 3.63) is 45.8 Å². The van der Waals surface area contributed by atoms with Crippen molar-refractivity contribution in [2.24, 2.45) is 5.11 Å². The molecule has 5 rings (SSSR count). The Kier molecular flexibility index (Phi) is 17.1. The first-order valence-electron chi connectivity index (χ1n) is 19.1. The van der Waals surface area contributed by atoms with E-state index in [1.54, 1.807) is 20.8 Å². The van der Waals surface area contributed by atoms with E-state index in [0.717, 1.165) is 10.9 Å². The third-order valence-corrected chi connectivity index (χ3v) is 13.8. The molecule has 3 aromatic rings. The summed E-state index contributed by atoms with van der Waals surface area (Å²) >= 11 is 0. The highest BCUT2D eigenvalue weighted by Gasteiger charge is 2.50. The highest BCUT2D eigenvalue weighted by atomic mass is 33.1. The van der Waals surface area contributed by atoms with Crippen molar-refractivity contribution < 1.29 is 71.0 Å². The largest absolute Gasteiger partial charge is 0.472 e. The van der Waals surface area contributed by atoms with E-state index in [0.29, 0.717) is 0 Å². The average Bonchev–Trinajstić information content (AvgIpc) is 3.88. The number of carbonyl (C=O) groups excluding carboxylic acids is 2. The summed E-state index contributed by atoms with van der Waals surface area (Å²) in [7, 11) is -7.64. The highest BCUT2D eigenvalue weighted by Crippen LogP contribution is 2.50. The van der Waals surface area contributed by atoms with Gasteiger partial charge in [0.05, 0.1) is 19.5 Å². The number of imidazole rings is 1. The molecule has 2 unspecified atom stereocenters. The molecule has 1 amide bonds. The van der Waals surface area contributed by atoms with Crippen LogP contribution in [0.1, 0.15) is 59.9 Å². The van der Waals surface area contributed by atoms with E-state index in [-0.39, 0.29) is 47.4 Å². The number of hydrogen-bond donors (Lipinski definition) is 7. The van der Waals surface area contributed by atoms with E-state index < -0.39 is 106 Å². The van der Waals surface area contributed by atoms with Crippen LogP contribution in [0.2, 0.25) is 0 Å². The smallest absolute Gasteiger partial charge is 0.455 e. The normalized spacial score (nSPS) is 24.5. The van der Waals surface area contributed by atoms with Gasteiger partial charge in [0.2, 0.25) is 0 Å². The van der Waals surface area contributed by atoms with Crippen molar-refractivity contribution in [2.45, 2.75) is 113 Å². The molecule has 0 spiro atoms. The molecule has 0 radical (unpaired) electrons. The minimum Gasteiger partial charge on any atom is -0.455 e. The predicted octanol–water partition coefficient (Wildman–Crippen LogP) is 2.07. The zero-order valence-corrected chi connectivity index (χ0v) is 38.1. The zero-order chi connectivity index (χ0) is 47.1. The van der Waals surface area contributed by atoms with E-state index in [4.69, 9.17) is 45.0 Å². The summed E-state index contributed by atoms with van der Waals surface area (Å²) in [5.41, 5.74) is 18.9. The Balaban J connectivity index is 1.42. The molecule has 0 bridgehead atoms. The van der Waals surface area contributed by atoms with Gasteiger partial charge in [0.1, 0.15) is 59.9 Å². The molecule has 2 aliphatic heterocycles. The molecule has 2 fully saturated rings. The van der Waals surface area contributed by atoms with E-state index in [1.165, 1.54) is 44.7 Å². The van der Waals surface area contributed by atoms with Gasteiger partial charge >= 0.3 is 33.4 Å². The zero-order valence-electron chi connectivity index (χ0n) is 34.7. The first kappa shape index (κ1) is 50.9. The molecule has 0 aliphatic carbocycles. The van der Waals surface area contributed by atoms with Crippen LogP contribution in [0.3, 0.4) is 0 Å². The number of rotatable bonds is 20. The molecule has 5 heterocycles. The summed E-state index contributed by atoms with van der Waals surface area (Å²) in [5.74, 6) is -1.25. The van der Waals surface area contributed by atoms with Gasteiger partial charge in [0, 0.05) is 34.6 Å². The second-order valence-corrected chi connectivity index (χ2v) is 21.1. The van der Waals surface area contributed by atoms with E-state index in [2.05, 4.69) is 39.8 Å². The number of ether oxygens (including phenoxy) is 4. The van der Waals surface area contributed by atoms with Gasteiger partial charge in [-0.2, -0.15) is 4.98 Å². The third-order valence-electron chi connectivity index (χ3n) is 8.85. The van der Waals surface area contributed by atoms with Crippen LogP contribution in [0, 0.1) is 0 Å². The summed E-state index contributed by atoms with van der Waals surface area (Å²) in [4.78, 5) is 88.1. The molecule has 32 heteroatoms. The Morgan fingerprint density at radius 1 is 1.09 bits per heavy atom. The van der Waals surface area contributed by atoms with Crippen LogP contribution in [0.5, 0.6) is 0 Å². The maximum Gasteiger partial charge on any atom is 0.472 e. The molecular formula is C32H48N12O16P2S2. The van der Waals surface area contributed by atoms with E-state index in [1.807, 2.05) is 13.8 Å². The number of aliphatic hydroxyl groups excluding tert-OH is 1. The highest BCUT2D eigenvalue weighted by molar-refractivity contribution is 8.77.